The molecule has 1 fully saturated rings. The van der Waals surface area contributed by atoms with Gasteiger partial charge in [-0.2, -0.15) is 0 Å². The van der Waals surface area contributed by atoms with Crippen LogP contribution in [-0.4, -0.2) is 7.11 Å². The van der Waals surface area contributed by atoms with Crippen LogP contribution in [0.3, 0.4) is 0 Å². The molecule has 0 heterocycles. The topological polar surface area (TPSA) is 9.23 Å². The van der Waals surface area contributed by atoms with Crippen LogP contribution in [0.4, 0.5) is 0 Å². The zero-order valence-corrected chi connectivity index (χ0v) is 10.0. The first kappa shape index (κ1) is 10.2. The van der Waals surface area contributed by atoms with Gasteiger partial charge >= 0.3 is 0 Å². The number of aryl methyl sites for hydroxylation is 1. The van der Waals surface area contributed by atoms with Gasteiger partial charge in [0.1, 0.15) is 5.75 Å². The van der Waals surface area contributed by atoms with Crippen LogP contribution in [0.15, 0.2) is 18.2 Å². The van der Waals surface area contributed by atoms with Gasteiger partial charge in [0.15, 0.2) is 0 Å². The summed E-state index contributed by atoms with van der Waals surface area (Å²) in [5.41, 5.74) is 3.17. The van der Waals surface area contributed by atoms with E-state index in [0.717, 1.165) is 17.6 Å². The van der Waals surface area contributed by atoms with E-state index in [2.05, 4.69) is 18.2 Å². The van der Waals surface area contributed by atoms with Crippen molar-refractivity contribution in [2.45, 2.75) is 44.4 Å². The normalized spacial score (nSPS) is 28.1. The average Bonchev–Trinajstić information content (AvgIpc) is 2.38. The smallest absolute Gasteiger partial charge is 0.119 e. The number of benzene rings is 1. The number of hydrogen-bond donors (Lipinski definition) is 0. The third-order valence-corrected chi connectivity index (χ3v) is 4.45. The predicted molar refractivity (Wildman–Crippen MR) is 66.0 cm³/mol. The zero-order valence-electron chi connectivity index (χ0n) is 10.0. The van der Waals surface area contributed by atoms with E-state index in [-0.39, 0.29) is 0 Å². The second kappa shape index (κ2) is 4.12. The highest BCUT2D eigenvalue weighted by Gasteiger charge is 2.31. The van der Waals surface area contributed by atoms with E-state index in [9.17, 15) is 0 Å². The Bertz CT molecular complexity index is 383. The van der Waals surface area contributed by atoms with Gasteiger partial charge in [-0.1, -0.05) is 18.9 Å². The van der Waals surface area contributed by atoms with E-state index in [1.165, 1.54) is 38.5 Å². The van der Waals surface area contributed by atoms with Crippen molar-refractivity contribution in [2.24, 2.45) is 5.92 Å². The average molecular weight is 216 g/mol. The molecule has 0 N–H and O–H groups in total. The molecular formula is C15H20O. The lowest BCUT2D eigenvalue weighted by Gasteiger charge is -2.37. The van der Waals surface area contributed by atoms with Crippen molar-refractivity contribution in [1.29, 1.82) is 0 Å². The standard InChI is InChI=1S/C15H20O/c1-16-13-9-8-12-7-6-11-4-2-3-5-14(11)15(12)10-13/h8-11,14H,2-7H2,1H3. The van der Waals surface area contributed by atoms with Gasteiger partial charge in [0.25, 0.3) is 0 Å². The molecule has 1 heteroatoms. The number of methoxy groups -OCH3 is 1. The Balaban J connectivity index is 1.98. The lowest BCUT2D eigenvalue weighted by atomic mass is 9.68. The van der Waals surface area contributed by atoms with Gasteiger partial charge in [-0.3, -0.25) is 0 Å². The number of hydrogen-bond acceptors (Lipinski definition) is 1. The fourth-order valence-corrected chi connectivity index (χ4v) is 3.58. The fraction of sp³-hybridized carbons (Fsp3) is 0.600. The van der Waals surface area contributed by atoms with Crippen LogP contribution in [0, 0.1) is 5.92 Å². The van der Waals surface area contributed by atoms with E-state index in [4.69, 9.17) is 4.74 Å². The molecule has 0 saturated heterocycles. The summed E-state index contributed by atoms with van der Waals surface area (Å²) in [5.74, 6) is 2.81. The van der Waals surface area contributed by atoms with Gasteiger partial charge in [0, 0.05) is 0 Å². The molecule has 0 spiro atoms. The van der Waals surface area contributed by atoms with Gasteiger partial charge in [0.05, 0.1) is 7.11 Å². The second-order valence-corrected chi connectivity index (χ2v) is 5.25. The first-order valence-corrected chi connectivity index (χ1v) is 6.55. The first-order valence-electron chi connectivity index (χ1n) is 6.55. The molecule has 1 aromatic carbocycles. The Kier molecular flexibility index (Phi) is 2.62. The van der Waals surface area contributed by atoms with Crippen molar-refractivity contribution in [3.8, 4) is 5.75 Å². The Labute approximate surface area is 97.8 Å². The van der Waals surface area contributed by atoms with Crippen molar-refractivity contribution in [3.05, 3.63) is 29.3 Å². The Hall–Kier alpha value is -0.980. The Morgan fingerprint density at radius 2 is 2.00 bits per heavy atom. The molecule has 2 aliphatic carbocycles. The van der Waals surface area contributed by atoms with Gasteiger partial charge < -0.3 is 4.74 Å². The molecular weight excluding hydrogens is 196 g/mol. The van der Waals surface area contributed by atoms with Gasteiger partial charge in [-0.15, -0.1) is 0 Å². The van der Waals surface area contributed by atoms with Crippen LogP contribution in [0.1, 0.15) is 49.1 Å². The van der Waals surface area contributed by atoms with Crippen LogP contribution in [0.2, 0.25) is 0 Å². The molecule has 86 valence electrons. The van der Waals surface area contributed by atoms with Gasteiger partial charge in [-0.05, 0) is 60.8 Å². The molecule has 16 heavy (non-hydrogen) atoms. The van der Waals surface area contributed by atoms with Crippen LogP contribution < -0.4 is 4.74 Å². The largest absolute Gasteiger partial charge is 0.497 e. The lowest BCUT2D eigenvalue weighted by Crippen LogP contribution is -2.23. The summed E-state index contributed by atoms with van der Waals surface area (Å²) in [4.78, 5) is 0. The van der Waals surface area contributed by atoms with Crippen molar-refractivity contribution in [1.82, 2.24) is 0 Å². The summed E-state index contributed by atoms with van der Waals surface area (Å²) in [6.07, 6.45) is 8.38. The minimum Gasteiger partial charge on any atom is -0.497 e. The van der Waals surface area contributed by atoms with E-state index < -0.39 is 0 Å². The maximum atomic E-state index is 5.36. The van der Waals surface area contributed by atoms with E-state index >= 15 is 0 Å². The summed E-state index contributed by atoms with van der Waals surface area (Å²) in [6.45, 7) is 0. The summed E-state index contributed by atoms with van der Waals surface area (Å²) < 4.78 is 5.36. The van der Waals surface area contributed by atoms with Gasteiger partial charge in [0.2, 0.25) is 0 Å². The molecule has 1 saturated carbocycles. The highest BCUT2D eigenvalue weighted by atomic mass is 16.5. The molecule has 3 rings (SSSR count). The molecule has 0 aromatic heterocycles. The summed E-state index contributed by atoms with van der Waals surface area (Å²) >= 11 is 0. The third-order valence-electron chi connectivity index (χ3n) is 4.45. The van der Waals surface area contributed by atoms with Crippen molar-refractivity contribution in [3.63, 3.8) is 0 Å². The van der Waals surface area contributed by atoms with Crippen LogP contribution in [-0.2, 0) is 6.42 Å². The molecule has 1 nitrogen and oxygen atoms in total. The predicted octanol–water partition coefficient (Wildman–Crippen LogP) is 3.92. The maximum Gasteiger partial charge on any atom is 0.119 e. The van der Waals surface area contributed by atoms with E-state index in [1.54, 1.807) is 18.2 Å². The molecule has 2 unspecified atom stereocenters. The van der Waals surface area contributed by atoms with Gasteiger partial charge in [-0.25, -0.2) is 0 Å². The van der Waals surface area contributed by atoms with Crippen LogP contribution in [0.25, 0.3) is 0 Å². The monoisotopic (exact) mass is 216 g/mol. The van der Waals surface area contributed by atoms with E-state index in [0.29, 0.717) is 0 Å². The van der Waals surface area contributed by atoms with Crippen molar-refractivity contribution in [2.75, 3.05) is 7.11 Å². The molecule has 1 aromatic rings. The fourth-order valence-electron chi connectivity index (χ4n) is 3.58. The summed E-state index contributed by atoms with van der Waals surface area (Å²) in [7, 11) is 1.77. The minimum absolute atomic E-state index is 0.826. The molecule has 0 bridgehead atoms. The molecule has 0 amide bonds. The third kappa shape index (κ3) is 1.63. The summed E-state index contributed by atoms with van der Waals surface area (Å²) in [5, 5.41) is 0. The zero-order chi connectivity index (χ0) is 11.0. The summed E-state index contributed by atoms with van der Waals surface area (Å²) in [6, 6.07) is 6.68. The molecule has 0 radical (unpaired) electrons. The number of fused-ring (bicyclic) bond motifs is 3. The quantitative estimate of drug-likeness (QED) is 0.691. The van der Waals surface area contributed by atoms with E-state index in [1.807, 2.05) is 0 Å². The molecule has 0 aliphatic heterocycles. The molecule has 2 aliphatic rings. The number of ether oxygens (including phenoxy) is 1. The molecule has 2 atom stereocenters. The SMILES string of the molecule is COc1ccc2c(c1)C1CCCCC1CC2. The second-order valence-electron chi connectivity index (χ2n) is 5.25. The highest BCUT2D eigenvalue weighted by molar-refractivity contribution is 5.40. The minimum atomic E-state index is 0.826. The van der Waals surface area contributed by atoms with Crippen LogP contribution in [0.5, 0.6) is 5.75 Å². The van der Waals surface area contributed by atoms with Crippen LogP contribution >= 0.6 is 0 Å². The Morgan fingerprint density at radius 1 is 1.12 bits per heavy atom. The lowest BCUT2D eigenvalue weighted by molar-refractivity contribution is 0.275. The Morgan fingerprint density at radius 3 is 2.88 bits per heavy atom. The number of rotatable bonds is 1. The highest BCUT2D eigenvalue weighted by Crippen LogP contribution is 2.45. The first-order chi connectivity index (χ1) is 7.88. The van der Waals surface area contributed by atoms with Crippen molar-refractivity contribution >= 4 is 0 Å². The van der Waals surface area contributed by atoms with Crippen molar-refractivity contribution < 1.29 is 4.74 Å². The maximum absolute atomic E-state index is 5.36.